The van der Waals surface area contributed by atoms with Gasteiger partial charge in [0.1, 0.15) is 11.6 Å². The van der Waals surface area contributed by atoms with Crippen molar-refractivity contribution in [1.29, 1.82) is 5.26 Å². The van der Waals surface area contributed by atoms with E-state index < -0.39 is 5.91 Å². The molecular weight excluding hydrogens is 431 g/mol. The maximum atomic E-state index is 12.3. The molecule has 8 heteroatoms. The quantitative estimate of drug-likeness (QED) is 0.515. The van der Waals surface area contributed by atoms with Crippen LogP contribution in [0.25, 0.3) is 6.08 Å². The van der Waals surface area contributed by atoms with Crippen LogP contribution in [0.4, 0.5) is 5.69 Å². The van der Waals surface area contributed by atoms with Crippen molar-refractivity contribution in [3.8, 4) is 17.6 Å². The van der Waals surface area contributed by atoms with Crippen LogP contribution in [0.5, 0.6) is 11.5 Å². The summed E-state index contributed by atoms with van der Waals surface area (Å²) >= 11 is 15.1. The molecule has 0 saturated carbocycles. The lowest BCUT2D eigenvalue weighted by molar-refractivity contribution is -0.112. The number of rotatable bonds is 4. The zero-order valence-electron chi connectivity index (χ0n) is 12.8. The number of aromatic hydroxyl groups is 1. The van der Waals surface area contributed by atoms with Gasteiger partial charge in [0.15, 0.2) is 11.5 Å². The minimum absolute atomic E-state index is 0.0693. The molecule has 0 radical (unpaired) electrons. The maximum Gasteiger partial charge on any atom is 0.266 e. The largest absolute Gasteiger partial charge is 0.504 e. The monoisotopic (exact) mass is 440 g/mol. The molecule has 0 bridgehead atoms. The van der Waals surface area contributed by atoms with Crippen molar-refractivity contribution in [2.75, 3.05) is 12.4 Å². The van der Waals surface area contributed by atoms with Gasteiger partial charge in [-0.15, -0.1) is 0 Å². The topological polar surface area (TPSA) is 82.3 Å². The van der Waals surface area contributed by atoms with Crippen LogP contribution in [0, 0.1) is 11.3 Å². The predicted molar refractivity (Wildman–Crippen MR) is 101 cm³/mol. The molecule has 0 saturated heterocycles. The van der Waals surface area contributed by atoms with E-state index in [1.165, 1.54) is 37.5 Å². The van der Waals surface area contributed by atoms with E-state index in [1.54, 1.807) is 6.07 Å². The van der Waals surface area contributed by atoms with Crippen molar-refractivity contribution in [2.24, 2.45) is 0 Å². The van der Waals surface area contributed by atoms with Gasteiger partial charge < -0.3 is 15.2 Å². The van der Waals surface area contributed by atoms with Crippen LogP contribution in [0.2, 0.25) is 10.0 Å². The van der Waals surface area contributed by atoms with Gasteiger partial charge in [-0.2, -0.15) is 5.26 Å². The van der Waals surface area contributed by atoms with Gasteiger partial charge in [-0.05, 0) is 42.0 Å². The van der Waals surface area contributed by atoms with Gasteiger partial charge >= 0.3 is 0 Å². The number of phenols is 1. The minimum atomic E-state index is -0.648. The molecular formula is C17H11BrCl2N2O3. The van der Waals surface area contributed by atoms with Crippen molar-refractivity contribution in [3.63, 3.8) is 0 Å². The van der Waals surface area contributed by atoms with Crippen molar-refractivity contribution in [3.05, 3.63) is 56.0 Å². The third-order valence-electron chi connectivity index (χ3n) is 3.14. The molecule has 0 aliphatic heterocycles. The number of halogens is 3. The molecule has 25 heavy (non-hydrogen) atoms. The van der Waals surface area contributed by atoms with E-state index in [0.717, 1.165) is 0 Å². The number of ether oxygens (including phenoxy) is 1. The van der Waals surface area contributed by atoms with Crippen LogP contribution in [0.3, 0.4) is 0 Å². The molecule has 0 aliphatic carbocycles. The van der Waals surface area contributed by atoms with E-state index in [0.29, 0.717) is 25.8 Å². The molecule has 0 unspecified atom stereocenters. The number of nitrogens with zero attached hydrogens (tertiary/aromatic N) is 1. The Morgan fingerprint density at radius 3 is 2.72 bits per heavy atom. The fraction of sp³-hybridized carbons (Fsp3) is 0.0588. The highest BCUT2D eigenvalue weighted by Gasteiger charge is 2.14. The number of carbonyl (C=O) groups is 1. The van der Waals surface area contributed by atoms with E-state index in [-0.39, 0.29) is 17.1 Å². The minimum Gasteiger partial charge on any atom is -0.504 e. The van der Waals surface area contributed by atoms with E-state index in [4.69, 9.17) is 27.9 Å². The van der Waals surface area contributed by atoms with E-state index in [9.17, 15) is 15.2 Å². The lowest BCUT2D eigenvalue weighted by Gasteiger charge is -2.09. The first-order valence-electron chi connectivity index (χ1n) is 6.80. The predicted octanol–water partition coefficient (Wildman–Crippen LogP) is 5.02. The number of benzene rings is 2. The van der Waals surface area contributed by atoms with E-state index >= 15 is 0 Å². The van der Waals surface area contributed by atoms with Crippen LogP contribution >= 0.6 is 39.1 Å². The second kappa shape index (κ2) is 8.26. The molecule has 2 rings (SSSR count). The summed E-state index contributed by atoms with van der Waals surface area (Å²) in [5.74, 6) is -0.504. The molecule has 0 aromatic heterocycles. The molecule has 0 atom stereocenters. The van der Waals surface area contributed by atoms with Crippen LogP contribution in [0.1, 0.15) is 5.56 Å². The summed E-state index contributed by atoms with van der Waals surface area (Å²) in [7, 11) is 1.40. The smallest absolute Gasteiger partial charge is 0.266 e. The summed E-state index contributed by atoms with van der Waals surface area (Å²) < 4.78 is 5.52. The number of nitrogens with one attached hydrogen (secondary N) is 1. The van der Waals surface area contributed by atoms with Crippen molar-refractivity contribution < 1.29 is 14.6 Å². The summed E-state index contributed by atoms with van der Waals surface area (Å²) in [5.41, 5.74) is 0.616. The van der Waals surface area contributed by atoms with E-state index in [2.05, 4.69) is 21.2 Å². The van der Waals surface area contributed by atoms with Crippen LogP contribution < -0.4 is 10.1 Å². The number of methoxy groups -OCH3 is 1. The second-order valence-electron chi connectivity index (χ2n) is 4.79. The Kier molecular flexibility index (Phi) is 6.32. The highest BCUT2D eigenvalue weighted by Crippen LogP contribution is 2.33. The van der Waals surface area contributed by atoms with Crippen molar-refractivity contribution >= 4 is 56.8 Å². The van der Waals surface area contributed by atoms with Crippen LogP contribution in [-0.2, 0) is 4.79 Å². The Morgan fingerprint density at radius 1 is 1.36 bits per heavy atom. The average Bonchev–Trinajstić information content (AvgIpc) is 2.57. The molecule has 2 aromatic carbocycles. The number of amides is 1. The number of hydrogen-bond acceptors (Lipinski definition) is 4. The Bertz CT molecular complexity index is 907. The van der Waals surface area contributed by atoms with Gasteiger partial charge in [-0.1, -0.05) is 39.1 Å². The summed E-state index contributed by atoms with van der Waals surface area (Å²) in [4.78, 5) is 12.3. The van der Waals surface area contributed by atoms with Gasteiger partial charge in [0.05, 0.1) is 17.8 Å². The Balaban J connectivity index is 2.36. The standard InChI is InChI=1S/C17H11BrCl2N2O3/c1-25-16-5-9(12(18)7-15(16)23)4-10(8-21)17(24)22-14-6-11(19)2-3-13(14)20/h2-7,23H,1H3,(H,22,24). The fourth-order valence-corrected chi connectivity index (χ4v) is 2.70. The molecule has 5 nitrogen and oxygen atoms in total. The van der Waals surface area contributed by atoms with E-state index in [1.807, 2.05) is 6.07 Å². The summed E-state index contributed by atoms with van der Waals surface area (Å²) in [5, 5.41) is 22.2. The Morgan fingerprint density at radius 2 is 2.08 bits per heavy atom. The first-order chi connectivity index (χ1) is 11.8. The summed E-state index contributed by atoms with van der Waals surface area (Å²) in [6.07, 6.45) is 1.36. The average molecular weight is 442 g/mol. The third-order valence-corrected chi connectivity index (χ3v) is 4.39. The fourth-order valence-electron chi connectivity index (χ4n) is 1.92. The Hall–Kier alpha value is -2.20. The lowest BCUT2D eigenvalue weighted by Crippen LogP contribution is -2.13. The highest BCUT2D eigenvalue weighted by atomic mass is 79.9. The zero-order valence-corrected chi connectivity index (χ0v) is 15.9. The molecule has 1 amide bonds. The number of nitriles is 1. The summed E-state index contributed by atoms with van der Waals surface area (Å²) in [6, 6.07) is 9.34. The van der Waals surface area contributed by atoms with Crippen molar-refractivity contribution in [1.82, 2.24) is 0 Å². The van der Waals surface area contributed by atoms with Gasteiger partial charge in [-0.25, -0.2) is 0 Å². The SMILES string of the molecule is COc1cc(C=C(C#N)C(=O)Nc2cc(Cl)ccc2Cl)c(Br)cc1O. The number of phenolic OH excluding ortho intramolecular Hbond substituents is 1. The number of hydrogen-bond donors (Lipinski definition) is 2. The summed E-state index contributed by atoms with van der Waals surface area (Å²) in [6.45, 7) is 0. The molecule has 0 spiro atoms. The molecule has 0 fully saturated rings. The maximum absolute atomic E-state index is 12.3. The molecule has 2 aromatic rings. The lowest BCUT2D eigenvalue weighted by atomic mass is 10.1. The first kappa shape index (κ1) is 19.1. The molecule has 0 heterocycles. The van der Waals surface area contributed by atoms with Gasteiger partial charge in [0, 0.05) is 9.50 Å². The van der Waals surface area contributed by atoms with Crippen molar-refractivity contribution in [2.45, 2.75) is 0 Å². The highest BCUT2D eigenvalue weighted by molar-refractivity contribution is 9.10. The zero-order chi connectivity index (χ0) is 18.6. The first-order valence-corrected chi connectivity index (χ1v) is 8.35. The van der Waals surface area contributed by atoms with Crippen LogP contribution in [0.15, 0.2) is 40.4 Å². The molecule has 2 N–H and O–H groups in total. The number of carbonyl (C=O) groups excluding carboxylic acids is 1. The normalized spacial score (nSPS) is 10.9. The third kappa shape index (κ3) is 4.67. The van der Waals surface area contributed by atoms with Gasteiger partial charge in [-0.3, -0.25) is 4.79 Å². The molecule has 0 aliphatic rings. The molecule has 128 valence electrons. The van der Waals surface area contributed by atoms with Crippen LogP contribution in [-0.4, -0.2) is 18.1 Å². The second-order valence-corrected chi connectivity index (χ2v) is 6.49. The Labute approximate surface area is 162 Å². The van der Waals surface area contributed by atoms with Gasteiger partial charge in [0.2, 0.25) is 0 Å². The van der Waals surface area contributed by atoms with Gasteiger partial charge in [0.25, 0.3) is 5.91 Å². The number of anilines is 1.